The molecule has 2 heterocycles. The summed E-state index contributed by atoms with van der Waals surface area (Å²) in [5.41, 5.74) is 7.70. The highest BCUT2D eigenvalue weighted by Gasteiger charge is 2.10. The minimum absolute atomic E-state index is 0.427. The number of primary amides is 1. The fraction of sp³-hybridized carbons (Fsp3) is 0.0909. The molecule has 0 saturated carbocycles. The lowest BCUT2D eigenvalue weighted by molar-refractivity contribution is -0.114. The SMILES string of the molecule is NC(=O)C1=CNCC(c2cccnc2)=C1. The lowest BCUT2D eigenvalue weighted by atomic mass is 10.0. The van der Waals surface area contributed by atoms with Crippen molar-refractivity contribution in [1.82, 2.24) is 10.3 Å². The summed E-state index contributed by atoms with van der Waals surface area (Å²) < 4.78 is 0. The summed E-state index contributed by atoms with van der Waals surface area (Å²) in [5.74, 6) is -0.427. The van der Waals surface area contributed by atoms with E-state index in [1.807, 2.05) is 12.1 Å². The molecule has 0 unspecified atom stereocenters. The molecule has 1 aromatic rings. The van der Waals surface area contributed by atoms with Gasteiger partial charge in [-0.1, -0.05) is 6.07 Å². The summed E-state index contributed by atoms with van der Waals surface area (Å²) in [6.45, 7) is 0.683. The van der Waals surface area contributed by atoms with Gasteiger partial charge >= 0.3 is 0 Å². The van der Waals surface area contributed by atoms with Crippen molar-refractivity contribution in [1.29, 1.82) is 0 Å². The van der Waals surface area contributed by atoms with Crippen LogP contribution in [-0.2, 0) is 4.79 Å². The smallest absolute Gasteiger partial charge is 0.250 e. The van der Waals surface area contributed by atoms with Crippen molar-refractivity contribution in [3.8, 4) is 0 Å². The Morgan fingerprint density at radius 2 is 2.40 bits per heavy atom. The maximum absolute atomic E-state index is 11.0. The van der Waals surface area contributed by atoms with Crippen LogP contribution in [0.15, 0.2) is 42.4 Å². The summed E-state index contributed by atoms with van der Waals surface area (Å²) >= 11 is 0. The Labute approximate surface area is 87.5 Å². The van der Waals surface area contributed by atoms with Gasteiger partial charge in [-0.05, 0) is 23.3 Å². The number of aromatic nitrogens is 1. The molecule has 0 aliphatic carbocycles. The fourth-order valence-electron chi connectivity index (χ4n) is 1.43. The van der Waals surface area contributed by atoms with Crippen LogP contribution in [0.3, 0.4) is 0 Å². The van der Waals surface area contributed by atoms with Crippen LogP contribution in [0.2, 0.25) is 0 Å². The van der Waals surface area contributed by atoms with Crippen LogP contribution >= 0.6 is 0 Å². The maximum Gasteiger partial charge on any atom is 0.250 e. The van der Waals surface area contributed by atoms with Gasteiger partial charge in [-0.2, -0.15) is 0 Å². The lowest BCUT2D eigenvalue weighted by Crippen LogP contribution is -2.21. The monoisotopic (exact) mass is 201 g/mol. The van der Waals surface area contributed by atoms with E-state index < -0.39 is 5.91 Å². The van der Waals surface area contributed by atoms with E-state index in [9.17, 15) is 4.79 Å². The number of dihydropyridines is 1. The van der Waals surface area contributed by atoms with E-state index in [2.05, 4.69) is 10.3 Å². The van der Waals surface area contributed by atoms with Gasteiger partial charge in [0.1, 0.15) is 0 Å². The van der Waals surface area contributed by atoms with Gasteiger partial charge in [0.15, 0.2) is 0 Å². The van der Waals surface area contributed by atoms with Crippen molar-refractivity contribution in [3.63, 3.8) is 0 Å². The summed E-state index contributed by atoms with van der Waals surface area (Å²) in [5, 5.41) is 3.01. The Kier molecular flexibility index (Phi) is 2.49. The second kappa shape index (κ2) is 3.96. The largest absolute Gasteiger partial charge is 0.386 e. The standard InChI is InChI=1S/C11H11N3O/c12-11(15)10-4-9(6-14-7-10)8-2-1-3-13-5-8/h1-5,7,14H,6H2,(H2,12,15). The predicted molar refractivity (Wildman–Crippen MR) is 57.5 cm³/mol. The molecule has 0 radical (unpaired) electrons. The number of nitrogens with zero attached hydrogens (tertiary/aromatic N) is 1. The third-order valence-corrected chi connectivity index (χ3v) is 2.20. The molecule has 0 saturated heterocycles. The average molecular weight is 201 g/mol. The van der Waals surface area contributed by atoms with Gasteiger partial charge < -0.3 is 11.1 Å². The summed E-state index contributed by atoms with van der Waals surface area (Å²) in [6.07, 6.45) is 6.89. The van der Waals surface area contributed by atoms with E-state index >= 15 is 0 Å². The van der Waals surface area contributed by atoms with E-state index in [1.54, 1.807) is 24.7 Å². The van der Waals surface area contributed by atoms with Crippen LogP contribution in [0.5, 0.6) is 0 Å². The summed E-state index contributed by atoms with van der Waals surface area (Å²) in [7, 11) is 0. The van der Waals surface area contributed by atoms with E-state index in [0.717, 1.165) is 11.1 Å². The zero-order valence-corrected chi connectivity index (χ0v) is 8.10. The van der Waals surface area contributed by atoms with Crippen LogP contribution < -0.4 is 11.1 Å². The molecule has 0 aromatic carbocycles. The van der Waals surface area contributed by atoms with Gasteiger partial charge in [0.05, 0.1) is 5.57 Å². The highest BCUT2D eigenvalue weighted by Crippen LogP contribution is 2.17. The molecule has 1 aliphatic rings. The molecule has 1 aromatic heterocycles. The molecule has 0 bridgehead atoms. The molecule has 1 amide bonds. The van der Waals surface area contributed by atoms with Crippen molar-refractivity contribution in [2.24, 2.45) is 5.73 Å². The molecular formula is C11H11N3O. The molecule has 4 heteroatoms. The van der Waals surface area contributed by atoms with E-state index in [0.29, 0.717) is 12.1 Å². The van der Waals surface area contributed by atoms with Gasteiger partial charge in [0.25, 0.3) is 0 Å². The second-order valence-corrected chi connectivity index (χ2v) is 3.26. The van der Waals surface area contributed by atoms with E-state index in [1.165, 1.54) is 0 Å². The lowest BCUT2D eigenvalue weighted by Gasteiger charge is -2.13. The molecule has 0 spiro atoms. The molecule has 1 aliphatic heterocycles. The van der Waals surface area contributed by atoms with Crippen molar-refractivity contribution in [2.75, 3.05) is 6.54 Å². The number of rotatable bonds is 2. The highest BCUT2D eigenvalue weighted by molar-refractivity contribution is 5.97. The number of pyridine rings is 1. The fourth-order valence-corrected chi connectivity index (χ4v) is 1.43. The first-order valence-electron chi connectivity index (χ1n) is 4.62. The van der Waals surface area contributed by atoms with Crippen LogP contribution in [0.1, 0.15) is 5.56 Å². The van der Waals surface area contributed by atoms with Crippen molar-refractivity contribution in [2.45, 2.75) is 0 Å². The van der Waals surface area contributed by atoms with Gasteiger partial charge in [0, 0.05) is 25.1 Å². The minimum Gasteiger partial charge on any atom is -0.386 e. The van der Waals surface area contributed by atoms with Crippen LogP contribution in [0.25, 0.3) is 5.57 Å². The molecule has 2 rings (SSSR count). The average Bonchev–Trinajstić information content (AvgIpc) is 2.30. The molecule has 3 N–H and O–H groups in total. The van der Waals surface area contributed by atoms with Crippen molar-refractivity contribution < 1.29 is 4.79 Å². The van der Waals surface area contributed by atoms with Gasteiger partial charge in [-0.25, -0.2) is 0 Å². The Morgan fingerprint density at radius 3 is 3.07 bits per heavy atom. The second-order valence-electron chi connectivity index (χ2n) is 3.26. The van der Waals surface area contributed by atoms with Crippen molar-refractivity contribution >= 4 is 11.5 Å². The van der Waals surface area contributed by atoms with Crippen LogP contribution in [0, 0.1) is 0 Å². The maximum atomic E-state index is 11.0. The highest BCUT2D eigenvalue weighted by atomic mass is 16.1. The summed E-state index contributed by atoms with van der Waals surface area (Å²) in [4.78, 5) is 15.0. The number of nitrogens with two attached hydrogens (primary N) is 1. The number of carbonyl (C=O) groups is 1. The predicted octanol–water partition coefficient (Wildman–Crippen LogP) is 0.437. The third-order valence-electron chi connectivity index (χ3n) is 2.20. The topological polar surface area (TPSA) is 68.0 Å². The number of nitrogens with one attached hydrogen (secondary N) is 1. The Hall–Kier alpha value is -2.10. The first kappa shape index (κ1) is 9.45. The molecule has 15 heavy (non-hydrogen) atoms. The number of carbonyl (C=O) groups excluding carboxylic acids is 1. The molecule has 4 nitrogen and oxygen atoms in total. The van der Waals surface area contributed by atoms with E-state index in [-0.39, 0.29) is 0 Å². The third kappa shape index (κ3) is 2.04. The Balaban J connectivity index is 2.32. The first-order chi connectivity index (χ1) is 7.27. The van der Waals surface area contributed by atoms with Gasteiger partial charge in [-0.15, -0.1) is 0 Å². The van der Waals surface area contributed by atoms with Crippen LogP contribution in [0.4, 0.5) is 0 Å². The summed E-state index contributed by atoms with van der Waals surface area (Å²) in [6, 6.07) is 3.81. The molecule has 0 atom stereocenters. The number of hydrogen-bond acceptors (Lipinski definition) is 3. The minimum atomic E-state index is -0.427. The zero-order chi connectivity index (χ0) is 10.7. The number of amides is 1. The van der Waals surface area contributed by atoms with Crippen LogP contribution in [-0.4, -0.2) is 17.4 Å². The Bertz CT molecular complexity index is 434. The molecular weight excluding hydrogens is 190 g/mol. The normalized spacial score (nSPS) is 14.9. The molecule has 0 fully saturated rings. The number of hydrogen-bond donors (Lipinski definition) is 2. The van der Waals surface area contributed by atoms with Gasteiger partial charge in [0.2, 0.25) is 5.91 Å². The Morgan fingerprint density at radius 1 is 1.53 bits per heavy atom. The van der Waals surface area contributed by atoms with Gasteiger partial charge in [-0.3, -0.25) is 9.78 Å². The van der Waals surface area contributed by atoms with E-state index in [4.69, 9.17) is 5.73 Å². The van der Waals surface area contributed by atoms with Crippen molar-refractivity contribution in [3.05, 3.63) is 47.9 Å². The zero-order valence-electron chi connectivity index (χ0n) is 8.10. The first-order valence-corrected chi connectivity index (χ1v) is 4.62. The molecule has 76 valence electrons. The quantitative estimate of drug-likeness (QED) is 0.729.